The Labute approximate surface area is 192 Å². The van der Waals surface area contributed by atoms with Gasteiger partial charge in [0, 0.05) is 6.20 Å². The van der Waals surface area contributed by atoms with Crippen LogP contribution in [-0.2, 0) is 6.18 Å². The van der Waals surface area contributed by atoms with Crippen molar-refractivity contribution >= 4 is 50.7 Å². The molecule has 170 valence electrons. The number of hydrogen-bond donors (Lipinski definition) is 2. The molecule has 0 aliphatic carbocycles. The van der Waals surface area contributed by atoms with E-state index in [1.807, 2.05) is 0 Å². The van der Waals surface area contributed by atoms with Gasteiger partial charge in [-0.3, -0.25) is 9.59 Å². The molecule has 4 rings (SSSR count). The van der Waals surface area contributed by atoms with Crippen LogP contribution in [0.2, 0.25) is 0 Å². The first-order valence-electron chi connectivity index (χ1n) is 9.29. The third-order valence-corrected chi connectivity index (χ3v) is 6.38. The van der Waals surface area contributed by atoms with Crippen molar-refractivity contribution in [2.24, 2.45) is 0 Å². The second-order valence-corrected chi connectivity index (χ2v) is 8.72. The Bertz CT molecular complexity index is 1350. The fraction of sp³-hybridized carbons (Fsp3) is 0.211. The van der Waals surface area contributed by atoms with Gasteiger partial charge in [-0.15, -0.1) is 22.7 Å². The van der Waals surface area contributed by atoms with Gasteiger partial charge in [0.25, 0.3) is 11.8 Å². The first-order chi connectivity index (χ1) is 15.6. The van der Waals surface area contributed by atoms with Gasteiger partial charge >= 0.3 is 6.18 Å². The summed E-state index contributed by atoms with van der Waals surface area (Å²) in [7, 11) is 0. The van der Waals surface area contributed by atoms with Crippen LogP contribution in [0.3, 0.4) is 0 Å². The van der Waals surface area contributed by atoms with E-state index in [1.54, 1.807) is 12.4 Å². The Morgan fingerprint density at radius 2 is 1.85 bits per heavy atom. The Morgan fingerprint density at radius 1 is 1.06 bits per heavy atom. The van der Waals surface area contributed by atoms with Crippen LogP contribution in [0.25, 0.3) is 10.3 Å². The SMILES string of the molecule is Cc1cnc(NC(=O)c2cnc(C(C)NC(=O)c3ncnc4scnc34)s2)cc1C(F)(F)F. The molecule has 4 aromatic rings. The summed E-state index contributed by atoms with van der Waals surface area (Å²) in [6, 6.07) is 0.209. The quantitative estimate of drug-likeness (QED) is 0.431. The van der Waals surface area contributed by atoms with Crippen LogP contribution >= 0.6 is 22.7 Å². The van der Waals surface area contributed by atoms with Gasteiger partial charge in [0.15, 0.2) is 5.69 Å². The van der Waals surface area contributed by atoms with Crippen LogP contribution in [-0.4, -0.2) is 36.7 Å². The molecule has 2 amide bonds. The van der Waals surface area contributed by atoms with Crippen LogP contribution in [0.5, 0.6) is 0 Å². The topological polar surface area (TPSA) is 123 Å². The van der Waals surface area contributed by atoms with Gasteiger partial charge in [0.1, 0.15) is 32.4 Å². The van der Waals surface area contributed by atoms with E-state index >= 15 is 0 Å². The van der Waals surface area contributed by atoms with Gasteiger partial charge in [0.2, 0.25) is 0 Å². The smallest absolute Gasteiger partial charge is 0.342 e. The summed E-state index contributed by atoms with van der Waals surface area (Å²) >= 11 is 2.27. The molecule has 0 aliphatic heterocycles. The van der Waals surface area contributed by atoms with Crippen LogP contribution < -0.4 is 10.6 Å². The summed E-state index contributed by atoms with van der Waals surface area (Å²) in [5, 5.41) is 5.51. The maximum absolute atomic E-state index is 13.1. The molecule has 4 heterocycles. The zero-order chi connectivity index (χ0) is 23.8. The number of hydrogen-bond acceptors (Lipinski definition) is 9. The average Bonchev–Trinajstić information content (AvgIpc) is 3.43. The van der Waals surface area contributed by atoms with E-state index in [2.05, 4.69) is 35.6 Å². The van der Waals surface area contributed by atoms with Crippen molar-refractivity contribution in [3.05, 3.63) is 57.0 Å². The number of carbonyl (C=O) groups excluding carboxylic acids is 2. The molecule has 0 aliphatic rings. The Kier molecular flexibility index (Phi) is 6.03. The molecule has 0 saturated carbocycles. The number of halogens is 3. The second-order valence-electron chi connectivity index (χ2n) is 6.82. The van der Waals surface area contributed by atoms with E-state index in [0.29, 0.717) is 15.4 Å². The standard InChI is InChI=1S/C19H14F3N7O2S2/c1-8-4-23-12(3-10(8)19(20,21)22)29-15(30)11-5-24-17(33-11)9(2)28-16(31)13-14-18(26-6-25-13)32-7-27-14/h3-7,9H,1-2H3,(H,28,31)(H,23,29,30). The van der Waals surface area contributed by atoms with Crippen molar-refractivity contribution in [1.82, 2.24) is 30.2 Å². The van der Waals surface area contributed by atoms with Crippen molar-refractivity contribution in [1.29, 1.82) is 0 Å². The molecule has 33 heavy (non-hydrogen) atoms. The lowest BCUT2D eigenvalue weighted by molar-refractivity contribution is -0.138. The van der Waals surface area contributed by atoms with E-state index in [0.717, 1.165) is 23.6 Å². The van der Waals surface area contributed by atoms with Gasteiger partial charge < -0.3 is 10.6 Å². The molecular weight excluding hydrogens is 479 g/mol. The highest BCUT2D eigenvalue weighted by Crippen LogP contribution is 2.33. The summed E-state index contributed by atoms with van der Waals surface area (Å²) in [5.74, 6) is -1.38. The van der Waals surface area contributed by atoms with E-state index < -0.39 is 29.6 Å². The summed E-state index contributed by atoms with van der Waals surface area (Å²) < 4.78 is 39.2. The van der Waals surface area contributed by atoms with Crippen molar-refractivity contribution in [2.75, 3.05) is 5.32 Å². The van der Waals surface area contributed by atoms with Crippen LogP contribution in [0.1, 0.15) is 49.3 Å². The molecule has 14 heteroatoms. The van der Waals surface area contributed by atoms with Crippen LogP contribution in [0, 0.1) is 6.92 Å². The predicted octanol–water partition coefficient (Wildman–Crippen LogP) is 4.01. The molecule has 0 aromatic carbocycles. The number of nitrogens with zero attached hydrogens (tertiary/aromatic N) is 5. The molecule has 0 radical (unpaired) electrons. The molecule has 0 bridgehead atoms. The van der Waals surface area contributed by atoms with E-state index in [4.69, 9.17) is 0 Å². The van der Waals surface area contributed by atoms with E-state index in [1.165, 1.54) is 30.8 Å². The number of alkyl halides is 3. The van der Waals surface area contributed by atoms with Gasteiger partial charge in [-0.05, 0) is 25.5 Å². The Hall–Kier alpha value is -3.52. The van der Waals surface area contributed by atoms with E-state index in [9.17, 15) is 22.8 Å². The third-order valence-electron chi connectivity index (χ3n) is 4.47. The van der Waals surface area contributed by atoms with Crippen molar-refractivity contribution < 1.29 is 22.8 Å². The highest BCUT2D eigenvalue weighted by atomic mass is 32.1. The maximum Gasteiger partial charge on any atom is 0.416 e. The molecule has 0 saturated heterocycles. The van der Waals surface area contributed by atoms with E-state index in [-0.39, 0.29) is 22.0 Å². The molecule has 2 N–H and O–H groups in total. The number of anilines is 1. The largest absolute Gasteiger partial charge is 0.416 e. The molecular formula is C19H14F3N7O2S2. The Balaban J connectivity index is 1.46. The monoisotopic (exact) mass is 493 g/mol. The number of pyridine rings is 1. The predicted molar refractivity (Wildman–Crippen MR) is 115 cm³/mol. The van der Waals surface area contributed by atoms with Crippen molar-refractivity contribution in [3.63, 3.8) is 0 Å². The number of aromatic nitrogens is 5. The fourth-order valence-electron chi connectivity index (χ4n) is 2.86. The summed E-state index contributed by atoms with van der Waals surface area (Å²) in [5.41, 5.74) is 1.13. The van der Waals surface area contributed by atoms with Crippen molar-refractivity contribution in [2.45, 2.75) is 26.1 Å². The zero-order valence-corrected chi connectivity index (χ0v) is 18.6. The fourth-order valence-corrected chi connectivity index (χ4v) is 4.30. The molecule has 0 fully saturated rings. The molecule has 4 aromatic heterocycles. The van der Waals surface area contributed by atoms with Crippen molar-refractivity contribution in [3.8, 4) is 0 Å². The molecule has 1 unspecified atom stereocenters. The molecule has 9 nitrogen and oxygen atoms in total. The maximum atomic E-state index is 13.1. The first kappa shape index (κ1) is 22.7. The minimum absolute atomic E-state index is 0.0521. The Morgan fingerprint density at radius 3 is 2.61 bits per heavy atom. The summed E-state index contributed by atoms with van der Waals surface area (Å²) in [6.07, 6.45) is -0.971. The minimum Gasteiger partial charge on any atom is -0.342 e. The second kappa shape index (κ2) is 8.78. The van der Waals surface area contributed by atoms with Crippen LogP contribution in [0.15, 0.2) is 30.3 Å². The lowest BCUT2D eigenvalue weighted by Crippen LogP contribution is -2.27. The lowest BCUT2D eigenvalue weighted by Gasteiger charge is -2.11. The average molecular weight is 493 g/mol. The molecule has 1 atom stereocenters. The number of carbonyl (C=O) groups is 2. The normalized spacial score (nSPS) is 12.5. The highest BCUT2D eigenvalue weighted by Gasteiger charge is 2.33. The number of fused-ring (bicyclic) bond motifs is 1. The third kappa shape index (κ3) is 4.80. The van der Waals surface area contributed by atoms with Gasteiger partial charge in [-0.1, -0.05) is 0 Å². The summed E-state index contributed by atoms with van der Waals surface area (Å²) in [4.78, 5) is 45.9. The van der Waals surface area contributed by atoms with Gasteiger partial charge in [0.05, 0.1) is 23.3 Å². The number of rotatable bonds is 5. The highest BCUT2D eigenvalue weighted by molar-refractivity contribution is 7.16. The summed E-state index contributed by atoms with van der Waals surface area (Å²) in [6.45, 7) is 2.96. The molecule has 0 spiro atoms. The number of thiazole rings is 2. The van der Waals surface area contributed by atoms with Gasteiger partial charge in [-0.2, -0.15) is 13.2 Å². The van der Waals surface area contributed by atoms with Gasteiger partial charge in [-0.25, -0.2) is 24.9 Å². The number of nitrogens with one attached hydrogen (secondary N) is 2. The zero-order valence-electron chi connectivity index (χ0n) is 17.0. The lowest BCUT2D eigenvalue weighted by atomic mass is 10.1. The van der Waals surface area contributed by atoms with Crippen LogP contribution in [0.4, 0.5) is 19.0 Å². The first-order valence-corrected chi connectivity index (χ1v) is 11.0. The minimum atomic E-state index is -4.56. The number of aryl methyl sites for hydroxylation is 1. The number of amides is 2.